The van der Waals surface area contributed by atoms with Crippen molar-refractivity contribution in [3.63, 3.8) is 0 Å². The van der Waals surface area contributed by atoms with Crippen LogP contribution in [0.15, 0.2) is 96.4 Å². The molecule has 0 N–H and O–H groups in total. The summed E-state index contributed by atoms with van der Waals surface area (Å²) in [6, 6.07) is 21.6. The molecule has 2 aromatic heterocycles. The zero-order valence-electron chi connectivity index (χ0n) is 19.5. The summed E-state index contributed by atoms with van der Waals surface area (Å²) in [6.45, 7) is 0. The number of sulfone groups is 1. The highest BCUT2D eigenvalue weighted by atomic mass is 32.2. The first kappa shape index (κ1) is 24.2. The highest BCUT2D eigenvalue weighted by Gasteiger charge is 2.21. The van der Waals surface area contributed by atoms with Crippen LogP contribution in [0.3, 0.4) is 0 Å². The number of benzene rings is 2. The van der Waals surface area contributed by atoms with E-state index in [4.69, 9.17) is 9.47 Å². The molecule has 4 rings (SSSR count). The molecular formula is C27H26N2O5S. The molecule has 0 aliphatic carbocycles. The average Bonchev–Trinajstić information content (AvgIpc) is 2.88. The van der Waals surface area contributed by atoms with Gasteiger partial charge in [-0.1, -0.05) is 42.5 Å². The van der Waals surface area contributed by atoms with Gasteiger partial charge in [-0.3, -0.25) is 0 Å². The number of hydrogen-bond acceptors (Lipinski definition) is 6. The molecule has 7 nitrogen and oxygen atoms in total. The van der Waals surface area contributed by atoms with Crippen molar-refractivity contribution < 1.29 is 22.6 Å². The van der Waals surface area contributed by atoms with E-state index >= 15 is 0 Å². The number of aromatic nitrogens is 2. The Labute approximate surface area is 205 Å². The Morgan fingerprint density at radius 1 is 0.857 bits per heavy atom. The smallest absolute Gasteiger partial charge is 0.199 e. The maximum atomic E-state index is 12.9. The molecule has 2 heterocycles. The third-order valence-corrected chi connectivity index (χ3v) is 7.39. The van der Waals surface area contributed by atoms with Crippen molar-refractivity contribution >= 4 is 9.84 Å². The second-order valence-corrected chi connectivity index (χ2v) is 10.0. The largest absolute Gasteiger partial charge is 0.619 e. The molecule has 35 heavy (non-hydrogen) atoms. The van der Waals surface area contributed by atoms with E-state index in [1.807, 2.05) is 36.4 Å². The molecule has 8 heteroatoms. The molecular weight excluding hydrogens is 464 g/mol. The quantitative estimate of drug-likeness (QED) is 0.259. The summed E-state index contributed by atoms with van der Waals surface area (Å²) in [5.41, 5.74) is 3.46. The summed E-state index contributed by atoms with van der Waals surface area (Å²) in [6.07, 6.45) is 5.10. The fourth-order valence-corrected chi connectivity index (χ4v) is 5.23. The van der Waals surface area contributed by atoms with Crippen LogP contribution in [0.4, 0.5) is 0 Å². The van der Waals surface area contributed by atoms with Gasteiger partial charge >= 0.3 is 0 Å². The Kier molecular flexibility index (Phi) is 7.31. The minimum Gasteiger partial charge on any atom is -0.619 e. The maximum absolute atomic E-state index is 12.9. The lowest BCUT2D eigenvalue weighted by Gasteiger charge is -2.20. The van der Waals surface area contributed by atoms with Crippen molar-refractivity contribution in [2.24, 2.45) is 0 Å². The Bertz CT molecular complexity index is 1370. The molecule has 0 saturated carbocycles. The molecule has 0 spiro atoms. The summed E-state index contributed by atoms with van der Waals surface area (Å²) in [7, 11) is -0.432. The third-order valence-electron chi connectivity index (χ3n) is 5.80. The number of hydrogen-bond donors (Lipinski definition) is 0. The van der Waals surface area contributed by atoms with Gasteiger partial charge in [-0.25, -0.2) is 13.4 Å². The van der Waals surface area contributed by atoms with Crippen molar-refractivity contribution in [2.45, 2.75) is 23.1 Å². The zero-order chi connectivity index (χ0) is 24.8. The lowest BCUT2D eigenvalue weighted by Crippen LogP contribution is -2.24. The Morgan fingerprint density at radius 2 is 1.54 bits per heavy atom. The fourth-order valence-electron chi connectivity index (χ4n) is 3.96. The summed E-state index contributed by atoms with van der Waals surface area (Å²) >= 11 is 0. The van der Waals surface area contributed by atoms with Gasteiger partial charge in [0.05, 0.1) is 20.0 Å². The Morgan fingerprint density at radius 3 is 2.17 bits per heavy atom. The van der Waals surface area contributed by atoms with Crippen LogP contribution in [0.25, 0.3) is 0 Å². The Hall–Kier alpha value is -3.91. The monoisotopic (exact) mass is 490 g/mol. The van der Waals surface area contributed by atoms with Gasteiger partial charge in [-0.15, -0.1) is 0 Å². The predicted octanol–water partition coefficient (Wildman–Crippen LogP) is 4.08. The minimum absolute atomic E-state index is 0.0308. The van der Waals surface area contributed by atoms with E-state index < -0.39 is 9.84 Å². The molecule has 0 saturated heterocycles. The van der Waals surface area contributed by atoms with Crippen LogP contribution in [0.2, 0.25) is 0 Å². The van der Waals surface area contributed by atoms with Crippen LogP contribution < -0.4 is 14.2 Å². The third kappa shape index (κ3) is 5.78. The number of pyridine rings is 2. The highest BCUT2D eigenvalue weighted by molar-refractivity contribution is 7.90. The highest BCUT2D eigenvalue weighted by Crippen LogP contribution is 2.35. The molecule has 0 aliphatic heterocycles. The van der Waals surface area contributed by atoms with Gasteiger partial charge in [0.1, 0.15) is 0 Å². The molecule has 0 radical (unpaired) electrons. The summed E-state index contributed by atoms with van der Waals surface area (Å²) in [4.78, 5) is 4.33. The van der Waals surface area contributed by atoms with Crippen molar-refractivity contribution in [1.82, 2.24) is 4.98 Å². The molecule has 0 fully saturated rings. The van der Waals surface area contributed by atoms with E-state index in [0.717, 1.165) is 21.4 Å². The number of methoxy groups -OCH3 is 2. The van der Waals surface area contributed by atoms with Crippen LogP contribution >= 0.6 is 0 Å². The number of nitrogens with zero attached hydrogens (tertiary/aromatic N) is 2. The van der Waals surface area contributed by atoms with Gasteiger partial charge in [0.15, 0.2) is 38.8 Å². The molecule has 4 aromatic rings. The zero-order valence-corrected chi connectivity index (χ0v) is 20.3. The van der Waals surface area contributed by atoms with Gasteiger partial charge in [0.2, 0.25) is 0 Å². The standard InChI is InChI=1S/C27H26N2O5S/c1-33-25-10-8-22(17-26(25)34-2)24(16-20-12-14-29(30)15-13-20)23-9-11-27(28-18-23)35(31,32)19-21-6-4-3-5-7-21/h3-15,17-18,24H,16,19H2,1-2H3. The van der Waals surface area contributed by atoms with Crippen molar-refractivity contribution in [1.29, 1.82) is 0 Å². The fraction of sp³-hybridized carbons (Fsp3) is 0.185. The summed E-state index contributed by atoms with van der Waals surface area (Å²) in [5, 5.41) is 11.5. The first-order valence-corrected chi connectivity index (χ1v) is 12.7. The number of rotatable bonds is 9. The maximum Gasteiger partial charge on any atom is 0.199 e. The molecule has 0 aliphatic rings. The molecule has 1 atom stereocenters. The average molecular weight is 491 g/mol. The van der Waals surface area contributed by atoms with Crippen molar-refractivity contribution in [3.8, 4) is 11.5 Å². The van der Waals surface area contributed by atoms with Crippen LogP contribution in [-0.4, -0.2) is 27.6 Å². The van der Waals surface area contributed by atoms with E-state index in [1.54, 1.807) is 56.8 Å². The predicted molar refractivity (Wildman–Crippen MR) is 132 cm³/mol. The van der Waals surface area contributed by atoms with Crippen LogP contribution in [0, 0.1) is 5.21 Å². The van der Waals surface area contributed by atoms with Crippen LogP contribution in [-0.2, 0) is 22.0 Å². The summed E-state index contributed by atoms with van der Waals surface area (Å²) < 4.78 is 37.4. The van der Waals surface area contributed by atoms with E-state index in [2.05, 4.69) is 4.98 Å². The molecule has 180 valence electrons. The SMILES string of the molecule is COc1ccc(C(Cc2cc[n+]([O-])cc2)c2ccc(S(=O)(=O)Cc3ccccc3)nc2)cc1OC. The number of ether oxygens (including phenoxy) is 2. The van der Waals surface area contributed by atoms with E-state index in [0.29, 0.717) is 23.5 Å². The molecule has 0 amide bonds. The molecule has 1 unspecified atom stereocenters. The van der Waals surface area contributed by atoms with Gasteiger partial charge < -0.3 is 14.7 Å². The molecule has 0 bridgehead atoms. The molecule has 2 aromatic carbocycles. The normalized spacial score (nSPS) is 12.2. The van der Waals surface area contributed by atoms with Gasteiger partial charge in [0, 0.05) is 24.2 Å². The first-order valence-electron chi connectivity index (χ1n) is 11.0. The first-order chi connectivity index (χ1) is 16.9. The minimum atomic E-state index is -3.59. The topological polar surface area (TPSA) is 92.4 Å². The van der Waals surface area contributed by atoms with Gasteiger partial charge in [-0.05, 0) is 46.9 Å². The summed E-state index contributed by atoms with van der Waals surface area (Å²) in [5.74, 6) is 0.937. The van der Waals surface area contributed by atoms with E-state index in [-0.39, 0.29) is 16.7 Å². The lowest BCUT2D eigenvalue weighted by atomic mass is 9.87. The van der Waals surface area contributed by atoms with Crippen LogP contribution in [0.5, 0.6) is 11.5 Å². The Balaban J connectivity index is 1.68. The lowest BCUT2D eigenvalue weighted by molar-refractivity contribution is -0.605. The second kappa shape index (κ2) is 10.6. The van der Waals surface area contributed by atoms with Gasteiger partial charge in [0.25, 0.3) is 0 Å². The van der Waals surface area contributed by atoms with E-state index in [9.17, 15) is 13.6 Å². The van der Waals surface area contributed by atoms with Crippen molar-refractivity contribution in [3.05, 3.63) is 119 Å². The van der Waals surface area contributed by atoms with Crippen LogP contribution in [0.1, 0.15) is 28.2 Å². The van der Waals surface area contributed by atoms with Gasteiger partial charge in [-0.2, -0.15) is 4.73 Å². The van der Waals surface area contributed by atoms with E-state index in [1.165, 1.54) is 12.4 Å². The second-order valence-electron chi connectivity index (χ2n) is 8.11. The van der Waals surface area contributed by atoms with Crippen molar-refractivity contribution in [2.75, 3.05) is 14.2 Å².